The van der Waals surface area contributed by atoms with Gasteiger partial charge in [0.25, 0.3) is 0 Å². The molecule has 5 nitrogen and oxygen atoms in total. The van der Waals surface area contributed by atoms with E-state index in [2.05, 4.69) is 0 Å². The zero-order valence-electron chi connectivity index (χ0n) is 11.1. The number of likely N-dealkylation sites (N-methyl/N-ethyl adjacent to an activating group) is 1. The Balaban J connectivity index is 3.30. The summed E-state index contributed by atoms with van der Waals surface area (Å²) >= 11 is 0. The van der Waals surface area contributed by atoms with E-state index in [-0.39, 0.29) is 11.5 Å². The predicted molar refractivity (Wildman–Crippen MR) is 71.7 cm³/mol. The van der Waals surface area contributed by atoms with Gasteiger partial charge in [0, 0.05) is 12.7 Å². The van der Waals surface area contributed by atoms with Gasteiger partial charge >= 0.3 is 0 Å². The van der Waals surface area contributed by atoms with Gasteiger partial charge in [-0.2, -0.15) is 4.31 Å². The van der Waals surface area contributed by atoms with Crippen LogP contribution in [0.3, 0.4) is 0 Å². The van der Waals surface area contributed by atoms with Crippen LogP contribution in [0.5, 0.6) is 0 Å². The summed E-state index contributed by atoms with van der Waals surface area (Å²) in [4.78, 5) is 0.143. The maximum Gasteiger partial charge on any atom is 0.243 e. The molecule has 0 amide bonds. The first-order valence-electron chi connectivity index (χ1n) is 5.58. The fourth-order valence-corrected chi connectivity index (χ4v) is 3.15. The molecule has 0 unspecified atom stereocenters. The lowest BCUT2D eigenvalue weighted by Crippen LogP contribution is -2.47. The fourth-order valence-electron chi connectivity index (χ4n) is 1.51. The Morgan fingerprint density at radius 2 is 1.89 bits per heavy atom. The molecule has 0 fully saturated rings. The molecule has 1 rings (SSSR count). The first-order valence-corrected chi connectivity index (χ1v) is 7.02. The first kappa shape index (κ1) is 14.9. The maximum absolute atomic E-state index is 12.4. The summed E-state index contributed by atoms with van der Waals surface area (Å²) in [6, 6.07) is 4.69. The molecule has 0 bridgehead atoms. The molecule has 0 saturated carbocycles. The van der Waals surface area contributed by atoms with Crippen molar-refractivity contribution in [1.29, 1.82) is 0 Å². The number of nitrogens with zero attached hydrogens (tertiary/aromatic N) is 1. The van der Waals surface area contributed by atoms with Gasteiger partial charge in [-0.05, 0) is 44.5 Å². The summed E-state index contributed by atoms with van der Waals surface area (Å²) in [6.45, 7) is 4.84. The van der Waals surface area contributed by atoms with Gasteiger partial charge in [-0.1, -0.05) is 0 Å². The van der Waals surface area contributed by atoms with E-state index in [0.717, 1.165) is 9.87 Å². The molecule has 0 atom stereocenters. The minimum Gasteiger partial charge on any atom is -0.399 e. The molecule has 6 heteroatoms. The minimum atomic E-state index is -3.66. The Morgan fingerprint density at radius 3 is 2.33 bits per heavy atom. The smallest absolute Gasteiger partial charge is 0.243 e. The second kappa shape index (κ2) is 4.87. The lowest BCUT2D eigenvalue weighted by atomic mass is 10.1. The third-order valence-electron chi connectivity index (χ3n) is 2.97. The Bertz CT molecular complexity index is 518. The molecule has 0 aliphatic carbocycles. The van der Waals surface area contributed by atoms with Gasteiger partial charge in [-0.3, -0.25) is 0 Å². The van der Waals surface area contributed by atoms with Crippen molar-refractivity contribution in [1.82, 2.24) is 4.31 Å². The van der Waals surface area contributed by atoms with E-state index in [1.165, 1.54) is 13.1 Å². The van der Waals surface area contributed by atoms with Crippen molar-refractivity contribution in [3.05, 3.63) is 23.8 Å². The Kier molecular flexibility index (Phi) is 4.05. The van der Waals surface area contributed by atoms with Gasteiger partial charge < -0.3 is 10.8 Å². The molecule has 3 N–H and O–H groups in total. The third kappa shape index (κ3) is 2.82. The van der Waals surface area contributed by atoms with Gasteiger partial charge in [0.1, 0.15) is 0 Å². The van der Waals surface area contributed by atoms with Crippen molar-refractivity contribution in [2.75, 3.05) is 19.4 Å². The number of aliphatic hydroxyl groups is 1. The van der Waals surface area contributed by atoms with Crippen LogP contribution in [0, 0.1) is 6.92 Å². The lowest BCUT2D eigenvalue weighted by molar-refractivity contribution is 0.138. The maximum atomic E-state index is 12.4. The van der Waals surface area contributed by atoms with E-state index in [0.29, 0.717) is 5.69 Å². The Morgan fingerprint density at radius 1 is 1.33 bits per heavy atom. The summed E-state index contributed by atoms with van der Waals surface area (Å²) < 4.78 is 26.0. The molecule has 0 aromatic heterocycles. The number of anilines is 1. The Hall–Kier alpha value is -1.11. The monoisotopic (exact) mass is 272 g/mol. The number of sulfonamides is 1. The van der Waals surface area contributed by atoms with Crippen LogP contribution in [0.15, 0.2) is 23.1 Å². The summed E-state index contributed by atoms with van der Waals surface area (Å²) in [5.41, 5.74) is 5.99. The molecule has 1 aromatic carbocycles. The van der Waals surface area contributed by atoms with E-state index in [4.69, 9.17) is 5.73 Å². The molecule has 18 heavy (non-hydrogen) atoms. The highest BCUT2D eigenvalue weighted by Gasteiger charge is 2.33. The van der Waals surface area contributed by atoms with Crippen LogP contribution in [0.4, 0.5) is 5.69 Å². The van der Waals surface area contributed by atoms with Crippen LogP contribution in [-0.2, 0) is 10.0 Å². The van der Waals surface area contributed by atoms with E-state index in [1.807, 2.05) is 0 Å². The van der Waals surface area contributed by atoms with Crippen molar-refractivity contribution < 1.29 is 13.5 Å². The van der Waals surface area contributed by atoms with Crippen LogP contribution in [-0.4, -0.2) is 37.0 Å². The summed E-state index contributed by atoms with van der Waals surface area (Å²) in [5, 5.41) is 9.25. The van der Waals surface area contributed by atoms with E-state index >= 15 is 0 Å². The molecule has 1 aromatic rings. The number of hydrogen-bond acceptors (Lipinski definition) is 4. The number of benzene rings is 1. The van der Waals surface area contributed by atoms with Crippen LogP contribution >= 0.6 is 0 Å². The molecule has 0 aliphatic heterocycles. The van der Waals surface area contributed by atoms with Crippen LogP contribution in [0.2, 0.25) is 0 Å². The number of aryl methyl sites for hydroxylation is 1. The number of rotatable bonds is 4. The SMILES string of the molecule is Cc1cc(N)cc(S(=O)(=O)N(C)C(C)(C)CO)c1. The molecule has 0 saturated heterocycles. The van der Waals surface area contributed by atoms with Crippen LogP contribution in [0.25, 0.3) is 0 Å². The molecule has 0 heterocycles. The Labute approximate surface area is 108 Å². The summed E-state index contributed by atoms with van der Waals surface area (Å²) in [6.07, 6.45) is 0. The average molecular weight is 272 g/mol. The van der Waals surface area contributed by atoms with E-state index < -0.39 is 15.6 Å². The summed E-state index contributed by atoms with van der Waals surface area (Å²) in [5.74, 6) is 0. The third-order valence-corrected chi connectivity index (χ3v) is 5.02. The quantitative estimate of drug-likeness (QED) is 0.800. The molecule has 0 spiro atoms. The average Bonchev–Trinajstić information content (AvgIpc) is 2.26. The number of nitrogen functional groups attached to an aromatic ring is 1. The normalized spacial score (nSPS) is 13.0. The highest BCUT2D eigenvalue weighted by molar-refractivity contribution is 7.89. The van der Waals surface area contributed by atoms with E-state index in [9.17, 15) is 13.5 Å². The van der Waals surface area contributed by atoms with Gasteiger partial charge in [-0.25, -0.2) is 8.42 Å². The first-order chi connectivity index (χ1) is 8.11. The molecular formula is C12H20N2O3S. The number of nitrogens with two attached hydrogens (primary N) is 1. The van der Waals surface area contributed by atoms with Gasteiger partial charge in [-0.15, -0.1) is 0 Å². The van der Waals surface area contributed by atoms with Crippen molar-refractivity contribution >= 4 is 15.7 Å². The fraction of sp³-hybridized carbons (Fsp3) is 0.500. The second-order valence-electron chi connectivity index (χ2n) is 5.02. The van der Waals surface area contributed by atoms with Crippen molar-refractivity contribution in [2.45, 2.75) is 31.2 Å². The van der Waals surface area contributed by atoms with Gasteiger partial charge in [0.2, 0.25) is 10.0 Å². The molecular weight excluding hydrogens is 252 g/mol. The number of hydrogen-bond donors (Lipinski definition) is 2. The van der Waals surface area contributed by atoms with Crippen LogP contribution in [0.1, 0.15) is 19.4 Å². The van der Waals surface area contributed by atoms with Crippen molar-refractivity contribution in [3.63, 3.8) is 0 Å². The van der Waals surface area contributed by atoms with Gasteiger partial charge in [0.15, 0.2) is 0 Å². The van der Waals surface area contributed by atoms with E-state index in [1.54, 1.807) is 32.9 Å². The molecule has 0 aliphatic rings. The van der Waals surface area contributed by atoms with Crippen molar-refractivity contribution in [2.24, 2.45) is 0 Å². The van der Waals surface area contributed by atoms with Crippen LogP contribution < -0.4 is 5.73 Å². The zero-order valence-corrected chi connectivity index (χ0v) is 12.0. The second-order valence-corrected chi connectivity index (χ2v) is 6.99. The highest BCUT2D eigenvalue weighted by Crippen LogP contribution is 2.24. The minimum absolute atomic E-state index is 0.143. The van der Waals surface area contributed by atoms with Gasteiger partial charge in [0.05, 0.1) is 17.0 Å². The topological polar surface area (TPSA) is 83.6 Å². The summed E-state index contributed by atoms with van der Waals surface area (Å²) in [7, 11) is -2.21. The molecule has 0 radical (unpaired) electrons. The largest absolute Gasteiger partial charge is 0.399 e. The lowest BCUT2D eigenvalue weighted by Gasteiger charge is -2.32. The highest BCUT2D eigenvalue weighted by atomic mass is 32.2. The zero-order chi connectivity index (χ0) is 14.1. The molecule has 102 valence electrons. The van der Waals surface area contributed by atoms with Crippen molar-refractivity contribution in [3.8, 4) is 0 Å². The standard InChI is InChI=1S/C12H20N2O3S/c1-9-5-10(13)7-11(6-9)18(16,17)14(4)12(2,3)8-15/h5-7,15H,8,13H2,1-4H3. The number of aliphatic hydroxyl groups excluding tert-OH is 1. The predicted octanol–water partition coefficient (Wildman–Crippen LogP) is 0.969.